The molecule has 0 bridgehead atoms. The minimum absolute atomic E-state index is 0.0632. The number of urea groups is 1. The molecule has 1 aromatic heterocycles. The summed E-state index contributed by atoms with van der Waals surface area (Å²) in [7, 11) is 1.76. The number of nitrogens with zero attached hydrogens (tertiary/aromatic N) is 2. The zero-order chi connectivity index (χ0) is 20.5. The van der Waals surface area contributed by atoms with E-state index < -0.39 is 0 Å². The van der Waals surface area contributed by atoms with E-state index in [1.165, 1.54) is 27.7 Å². The minimum Gasteiger partial charge on any atom is -0.378 e. The molecule has 2 heterocycles. The van der Waals surface area contributed by atoms with Crippen LogP contribution in [0.1, 0.15) is 49.9 Å². The van der Waals surface area contributed by atoms with Crippen molar-refractivity contribution in [2.75, 3.05) is 33.3 Å². The average Bonchev–Trinajstić information content (AvgIpc) is 3.07. The van der Waals surface area contributed by atoms with Gasteiger partial charge in [-0.25, -0.2) is 4.79 Å². The van der Waals surface area contributed by atoms with Crippen molar-refractivity contribution >= 4 is 16.9 Å². The summed E-state index contributed by atoms with van der Waals surface area (Å²) in [5, 5.41) is 4.70. The quantitative estimate of drug-likeness (QED) is 0.783. The van der Waals surface area contributed by atoms with Gasteiger partial charge in [0, 0.05) is 61.3 Å². The van der Waals surface area contributed by atoms with Crippen molar-refractivity contribution < 1.29 is 9.53 Å². The second-order valence-corrected chi connectivity index (χ2v) is 8.30. The fourth-order valence-corrected chi connectivity index (χ4v) is 5.47. The number of piperidine rings is 1. The molecule has 1 aliphatic carbocycles. The number of nitrogens with one attached hydrogen (secondary N) is 2. The van der Waals surface area contributed by atoms with Gasteiger partial charge >= 0.3 is 6.03 Å². The Morgan fingerprint density at radius 3 is 2.79 bits per heavy atom. The number of ether oxygens (including phenoxy) is 1. The van der Waals surface area contributed by atoms with Crippen molar-refractivity contribution in [2.45, 2.75) is 58.2 Å². The maximum atomic E-state index is 12.7. The number of aromatic amines is 1. The smallest absolute Gasteiger partial charge is 0.317 e. The van der Waals surface area contributed by atoms with E-state index in [1.807, 2.05) is 18.7 Å². The van der Waals surface area contributed by atoms with Crippen LogP contribution < -0.4 is 5.32 Å². The summed E-state index contributed by atoms with van der Waals surface area (Å²) in [5.74, 6) is 0.438. The molecule has 6 heteroatoms. The van der Waals surface area contributed by atoms with Gasteiger partial charge in [-0.15, -0.1) is 0 Å². The van der Waals surface area contributed by atoms with Crippen molar-refractivity contribution in [3.63, 3.8) is 0 Å². The second-order valence-electron chi connectivity index (χ2n) is 8.30. The van der Waals surface area contributed by atoms with Crippen LogP contribution in [0.15, 0.2) is 18.2 Å². The summed E-state index contributed by atoms with van der Waals surface area (Å²) >= 11 is 0. The molecule has 29 heavy (non-hydrogen) atoms. The fraction of sp³-hybridized carbons (Fsp3) is 0.609. The summed E-state index contributed by atoms with van der Waals surface area (Å²) in [4.78, 5) is 20.7. The van der Waals surface area contributed by atoms with E-state index in [1.54, 1.807) is 7.11 Å². The molecule has 0 radical (unpaired) electrons. The van der Waals surface area contributed by atoms with Gasteiger partial charge in [0.25, 0.3) is 0 Å². The number of likely N-dealkylation sites (tertiary alicyclic amines) is 1. The largest absolute Gasteiger partial charge is 0.378 e. The van der Waals surface area contributed by atoms with Crippen LogP contribution in [0.2, 0.25) is 0 Å². The zero-order valence-corrected chi connectivity index (χ0v) is 18.1. The normalized spacial score (nSPS) is 23.8. The van der Waals surface area contributed by atoms with Crippen LogP contribution in [-0.4, -0.2) is 66.2 Å². The number of rotatable bonds is 6. The molecule has 1 fully saturated rings. The van der Waals surface area contributed by atoms with E-state index in [9.17, 15) is 4.79 Å². The van der Waals surface area contributed by atoms with Crippen molar-refractivity contribution in [1.29, 1.82) is 0 Å². The topological polar surface area (TPSA) is 60.6 Å². The van der Waals surface area contributed by atoms with E-state index in [0.29, 0.717) is 18.6 Å². The number of carbonyl (C=O) groups excluding carboxylic acids is 1. The first-order valence-electron chi connectivity index (χ1n) is 11.0. The summed E-state index contributed by atoms with van der Waals surface area (Å²) in [6.45, 7) is 10.3. The van der Waals surface area contributed by atoms with Crippen LogP contribution in [0, 0.1) is 0 Å². The third kappa shape index (κ3) is 3.53. The molecule has 2 aliphatic rings. The zero-order valence-electron chi connectivity index (χ0n) is 18.1. The minimum atomic E-state index is 0.0632. The Balaban J connectivity index is 1.66. The van der Waals surface area contributed by atoms with Crippen molar-refractivity contribution in [1.82, 2.24) is 20.1 Å². The van der Waals surface area contributed by atoms with E-state index in [-0.39, 0.29) is 12.1 Å². The molecule has 0 saturated carbocycles. The van der Waals surface area contributed by atoms with E-state index in [2.05, 4.69) is 40.3 Å². The van der Waals surface area contributed by atoms with E-state index in [4.69, 9.17) is 4.74 Å². The third-order valence-electron chi connectivity index (χ3n) is 6.86. The molecule has 158 valence electrons. The van der Waals surface area contributed by atoms with Gasteiger partial charge in [0.1, 0.15) is 0 Å². The molecule has 2 aromatic rings. The van der Waals surface area contributed by atoms with Crippen molar-refractivity contribution in [3.05, 3.63) is 35.0 Å². The predicted molar refractivity (Wildman–Crippen MR) is 116 cm³/mol. The Bertz CT molecular complexity index is 873. The number of H-pyrrole nitrogens is 1. The van der Waals surface area contributed by atoms with Gasteiger partial charge < -0.3 is 19.9 Å². The first-order valence-corrected chi connectivity index (χ1v) is 11.0. The van der Waals surface area contributed by atoms with Crippen LogP contribution in [-0.2, 0) is 17.8 Å². The van der Waals surface area contributed by atoms with Gasteiger partial charge in [0.15, 0.2) is 0 Å². The highest BCUT2D eigenvalue weighted by molar-refractivity contribution is 5.89. The summed E-state index contributed by atoms with van der Waals surface area (Å²) in [5.41, 5.74) is 5.26. The van der Waals surface area contributed by atoms with Gasteiger partial charge in [-0.1, -0.05) is 19.1 Å². The Hall–Kier alpha value is -2.05. The standard InChI is InChI=1S/C23H34N4O2/c1-5-26(6-2)23(28)24-15-11-17-16-9-8-10-19-22(16)18(20(25-19)14-29-4)12-21(17)27(7-3)13-15/h8-10,15,17,21,25H,5-7,11-14H2,1-4H3,(H,24,28)/t15-,17+,21+/m0/s1. The van der Waals surface area contributed by atoms with Crippen LogP contribution in [0.25, 0.3) is 10.9 Å². The first-order chi connectivity index (χ1) is 14.1. The van der Waals surface area contributed by atoms with Gasteiger partial charge in [-0.2, -0.15) is 0 Å². The molecule has 2 amide bonds. The molecular weight excluding hydrogens is 364 g/mol. The summed E-state index contributed by atoms with van der Waals surface area (Å²) in [6.07, 6.45) is 2.04. The lowest BCUT2D eigenvalue weighted by Gasteiger charge is -2.47. The molecule has 0 spiro atoms. The number of fused-ring (bicyclic) bond motifs is 2. The first kappa shape index (κ1) is 20.2. The molecule has 1 aliphatic heterocycles. The Labute approximate surface area is 173 Å². The number of hydrogen-bond donors (Lipinski definition) is 2. The monoisotopic (exact) mass is 398 g/mol. The van der Waals surface area contributed by atoms with Crippen LogP contribution in [0.4, 0.5) is 4.79 Å². The van der Waals surface area contributed by atoms with Gasteiger partial charge in [0.2, 0.25) is 0 Å². The lowest BCUT2D eigenvalue weighted by Crippen LogP contribution is -2.57. The highest BCUT2D eigenvalue weighted by atomic mass is 16.5. The maximum absolute atomic E-state index is 12.7. The Kier molecular flexibility index (Phi) is 5.83. The number of methoxy groups -OCH3 is 1. The van der Waals surface area contributed by atoms with Gasteiger partial charge in [-0.05, 0) is 50.4 Å². The van der Waals surface area contributed by atoms with E-state index >= 15 is 0 Å². The maximum Gasteiger partial charge on any atom is 0.317 e. The number of carbonyl (C=O) groups is 1. The number of likely N-dealkylation sites (N-methyl/N-ethyl adjacent to an activating group) is 1. The van der Waals surface area contributed by atoms with Crippen molar-refractivity contribution in [2.24, 2.45) is 0 Å². The van der Waals surface area contributed by atoms with Crippen LogP contribution in [0.5, 0.6) is 0 Å². The fourth-order valence-electron chi connectivity index (χ4n) is 5.47. The highest BCUT2D eigenvalue weighted by Crippen LogP contribution is 2.44. The predicted octanol–water partition coefficient (Wildman–Crippen LogP) is 3.47. The second kappa shape index (κ2) is 8.36. The SMILES string of the molecule is CCN(CC)C(=O)N[C@H]1C[C@@H]2c3cccc4[nH]c(COC)c(c34)C[C@H]2N(CC)C1. The Morgan fingerprint density at radius 2 is 2.10 bits per heavy atom. The molecule has 6 nitrogen and oxygen atoms in total. The molecule has 1 saturated heterocycles. The molecule has 2 N–H and O–H groups in total. The number of amides is 2. The number of benzene rings is 1. The Morgan fingerprint density at radius 1 is 1.31 bits per heavy atom. The van der Waals surface area contributed by atoms with Crippen LogP contribution >= 0.6 is 0 Å². The van der Waals surface area contributed by atoms with Gasteiger partial charge in [-0.3, -0.25) is 4.90 Å². The average molecular weight is 399 g/mol. The lowest BCUT2D eigenvalue weighted by atomic mass is 9.73. The molecule has 0 unspecified atom stereocenters. The van der Waals surface area contributed by atoms with Gasteiger partial charge in [0.05, 0.1) is 6.61 Å². The molecule has 3 atom stereocenters. The third-order valence-corrected chi connectivity index (χ3v) is 6.86. The highest BCUT2D eigenvalue weighted by Gasteiger charge is 2.41. The molecule has 4 rings (SSSR count). The van der Waals surface area contributed by atoms with Crippen LogP contribution in [0.3, 0.4) is 0 Å². The lowest BCUT2D eigenvalue weighted by molar-refractivity contribution is 0.103. The molecular formula is C23H34N4O2. The summed E-state index contributed by atoms with van der Waals surface area (Å²) in [6, 6.07) is 7.33. The summed E-state index contributed by atoms with van der Waals surface area (Å²) < 4.78 is 5.46. The molecule has 1 aromatic carbocycles. The van der Waals surface area contributed by atoms with E-state index in [0.717, 1.165) is 39.0 Å². The number of aromatic nitrogens is 1. The van der Waals surface area contributed by atoms with Crippen molar-refractivity contribution in [3.8, 4) is 0 Å². The number of hydrogen-bond acceptors (Lipinski definition) is 3.